The van der Waals surface area contributed by atoms with Crippen molar-refractivity contribution >= 4 is 11.8 Å². The summed E-state index contributed by atoms with van der Waals surface area (Å²) >= 11 is 0. The van der Waals surface area contributed by atoms with E-state index >= 15 is 0 Å². The Balaban J connectivity index is 2.13. The number of carbonyl (C=O) groups is 2. The number of para-hydroxylation sites is 1. The number of benzene rings is 2. The molecule has 0 saturated heterocycles. The molecule has 0 fully saturated rings. The molecule has 0 spiro atoms. The lowest BCUT2D eigenvalue weighted by atomic mass is 10.1. The Labute approximate surface area is 165 Å². The molecule has 2 aromatic carbocycles. The minimum atomic E-state index is -0.689. The molecule has 0 unspecified atom stereocenters. The Morgan fingerprint density at radius 2 is 1.71 bits per heavy atom. The quantitative estimate of drug-likeness (QED) is 0.717. The number of amides is 2. The molecule has 1 N–H and O–H groups in total. The fourth-order valence-electron chi connectivity index (χ4n) is 2.61. The molecular formula is C22H27FN2O3. The second-order valence-electron chi connectivity index (χ2n) is 6.72. The summed E-state index contributed by atoms with van der Waals surface area (Å²) in [5, 5.41) is 2.90. The summed E-state index contributed by atoms with van der Waals surface area (Å²) in [5.41, 5.74) is 0.893. The van der Waals surface area contributed by atoms with E-state index in [1.54, 1.807) is 19.1 Å². The summed E-state index contributed by atoms with van der Waals surface area (Å²) in [7, 11) is 0. The third kappa shape index (κ3) is 6.08. The number of rotatable bonds is 9. The van der Waals surface area contributed by atoms with Gasteiger partial charge in [0.15, 0.2) is 18.2 Å². The van der Waals surface area contributed by atoms with E-state index < -0.39 is 11.9 Å². The van der Waals surface area contributed by atoms with Gasteiger partial charge >= 0.3 is 0 Å². The zero-order valence-electron chi connectivity index (χ0n) is 16.5. The Morgan fingerprint density at radius 3 is 2.36 bits per heavy atom. The summed E-state index contributed by atoms with van der Waals surface area (Å²) in [5.74, 6) is -1.15. The summed E-state index contributed by atoms with van der Waals surface area (Å²) < 4.78 is 19.1. The standard InChI is InChI=1S/C22H27FN2O3/c1-4-16(2)24-22(27)17(3)25(14-18-10-6-5-7-11-18)21(26)15-28-20-13-9-8-12-19(20)23/h5-13,16-17H,4,14-15H2,1-3H3,(H,24,27)/t16-,17-/m0/s1. The predicted molar refractivity (Wildman–Crippen MR) is 106 cm³/mol. The largest absolute Gasteiger partial charge is 0.481 e. The highest BCUT2D eigenvalue weighted by Crippen LogP contribution is 2.16. The van der Waals surface area contributed by atoms with Gasteiger partial charge in [0.2, 0.25) is 5.91 Å². The Bertz CT molecular complexity index is 782. The topological polar surface area (TPSA) is 58.6 Å². The molecule has 0 aliphatic rings. The number of hydrogen-bond donors (Lipinski definition) is 1. The van der Waals surface area contributed by atoms with Crippen LogP contribution in [0.15, 0.2) is 54.6 Å². The van der Waals surface area contributed by atoms with Gasteiger partial charge in [-0.1, -0.05) is 49.4 Å². The second-order valence-corrected chi connectivity index (χ2v) is 6.72. The average Bonchev–Trinajstić information content (AvgIpc) is 2.71. The first-order valence-corrected chi connectivity index (χ1v) is 9.43. The second kappa shape index (κ2) is 10.4. The number of hydrogen-bond acceptors (Lipinski definition) is 3. The van der Waals surface area contributed by atoms with Gasteiger partial charge < -0.3 is 15.0 Å². The van der Waals surface area contributed by atoms with Gasteiger partial charge in [0.1, 0.15) is 6.04 Å². The molecule has 2 aromatic rings. The zero-order valence-corrected chi connectivity index (χ0v) is 16.5. The molecule has 5 nitrogen and oxygen atoms in total. The van der Waals surface area contributed by atoms with Crippen molar-refractivity contribution in [2.75, 3.05) is 6.61 Å². The molecule has 2 atom stereocenters. The highest BCUT2D eigenvalue weighted by molar-refractivity contribution is 5.88. The monoisotopic (exact) mass is 386 g/mol. The Hall–Kier alpha value is -2.89. The first kappa shape index (κ1) is 21.4. The summed E-state index contributed by atoms with van der Waals surface area (Å²) in [6, 6.07) is 14.6. The van der Waals surface area contributed by atoms with Crippen LogP contribution >= 0.6 is 0 Å². The normalized spacial score (nSPS) is 12.7. The molecule has 0 aromatic heterocycles. The van der Waals surface area contributed by atoms with Crippen molar-refractivity contribution in [3.63, 3.8) is 0 Å². The van der Waals surface area contributed by atoms with E-state index in [0.29, 0.717) is 0 Å². The van der Waals surface area contributed by atoms with Crippen LogP contribution in [0.2, 0.25) is 0 Å². The van der Waals surface area contributed by atoms with Crippen molar-refractivity contribution in [2.24, 2.45) is 0 Å². The van der Waals surface area contributed by atoms with Crippen LogP contribution < -0.4 is 10.1 Å². The molecule has 2 amide bonds. The third-order valence-corrected chi connectivity index (χ3v) is 4.55. The number of halogens is 1. The lowest BCUT2D eigenvalue weighted by molar-refractivity contribution is -0.142. The first-order valence-electron chi connectivity index (χ1n) is 9.43. The molecule has 6 heteroatoms. The molecule has 0 bridgehead atoms. The fraction of sp³-hybridized carbons (Fsp3) is 0.364. The average molecular weight is 386 g/mol. The minimum Gasteiger partial charge on any atom is -0.481 e. The van der Waals surface area contributed by atoms with E-state index in [1.807, 2.05) is 44.2 Å². The van der Waals surface area contributed by atoms with E-state index in [0.717, 1.165) is 12.0 Å². The van der Waals surface area contributed by atoms with Crippen molar-refractivity contribution in [3.05, 3.63) is 66.0 Å². The lowest BCUT2D eigenvalue weighted by Gasteiger charge is -2.29. The maximum atomic E-state index is 13.7. The van der Waals surface area contributed by atoms with E-state index in [2.05, 4.69) is 5.32 Å². The van der Waals surface area contributed by atoms with E-state index in [4.69, 9.17) is 4.74 Å². The van der Waals surface area contributed by atoms with Crippen molar-refractivity contribution in [1.29, 1.82) is 0 Å². The van der Waals surface area contributed by atoms with Crippen LogP contribution in [-0.4, -0.2) is 35.4 Å². The SMILES string of the molecule is CC[C@H](C)NC(=O)[C@H](C)N(Cc1ccccc1)C(=O)COc1ccccc1F. The van der Waals surface area contributed by atoms with Gasteiger partial charge in [-0.3, -0.25) is 9.59 Å². The van der Waals surface area contributed by atoms with Crippen LogP contribution in [0, 0.1) is 5.82 Å². The maximum absolute atomic E-state index is 13.7. The molecular weight excluding hydrogens is 359 g/mol. The Kier molecular flexibility index (Phi) is 7.99. The van der Waals surface area contributed by atoms with Crippen LogP contribution in [0.25, 0.3) is 0 Å². The highest BCUT2D eigenvalue weighted by atomic mass is 19.1. The van der Waals surface area contributed by atoms with Crippen LogP contribution in [0.4, 0.5) is 4.39 Å². The van der Waals surface area contributed by atoms with Crippen LogP contribution in [0.1, 0.15) is 32.8 Å². The van der Waals surface area contributed by atoms with Gasteiger partial charge in [-0.25, -0.2) is 4.39 Å². The molecule has 150 valence electrons. The number of carbonyl (C=O) groups excluding carboxylic acids is 2. The lowest BCUT2D eigenvalue weighted by Crippen LogP contribution is -2.50. The maximum Gasteiger partial charge on any atom is 0.261 e. The van der Waals surface area contributed by atoms with Crippen LogP contribution in [0.5, 0.6) is 5.75 Å². The van der Waals surface area contributed by atoms with Crippen molar-refractivity contribution in [3.8, 4) is 5.75 Å². The molecule has 0 aliphatic heterocycles. The van der Waals surface area contributed by atoms with Crippen molar-refractivity contribution in [2.45, 2.75) is 45.8 Å². The molecule has 28 heavy (non-hydrogen) atoms. The van der Waals surface area contributed by atoms with E-state index in [9.17, 15) is 14.0 Å². The molecule has 0 saturated carbocycles. The number of ether oxygens (including phenoxy) is 1. The highest BCUT2D eigenvalue weighted by Gasteiger charge is 2.27. The van der Waals surface area contributed by atoms with Crippen molar-refractivity contribution < 1.29 is 18.7 Å². The van der Waals surface area contributed by atoms with E-state index in [-0.39, 0.29) is 36.8 Å². The van der Waals surface area contributed by atoms with Gasteiger partial charge in [-0.2, -0.15) is 0 Å². The minimum absolute atomic E-state index is 0.00669. The summed E-state index contributed by atoms with van der Waals surface area (Å²) in [4.78, 5) is 26.9. The van der Waals surface area contributed by atoms with Crippen LogP contribution in [-0.2, 0) is 16.1 Å². The molecule has 0 heterocycles. The van der Waals surface area contributed by atoms with Gasteiger partial charge in [0.25, 0.3) is 5.91 Å². The molecule has 0 aliphatic carbocycles. The van der Waals surface area contributed by atoms with Crippen LogP contribution in [0.3, 0.4) is 0 Å². The van der Waals surface area contributed by atoms with Gasteiger partial charge in [-0.05, 0) is 38.0 Å². The van der Waals surface area contributed by atoms with Gasteiger partial charge in [0.05, 0.1) is 0 Å². The summed E-state index contributed by atoms with van der Waals surface area (Å²) in [6.45, 7) is 5.48. The van der Waals surface area contributed by atoms with Gasteiger partial charge in [-0.15, -0.1) is 0 Å². The summed E-state index contributed by atoms with van der Waals surface area (Å²) in [6.07, 6.45) is 0.793. The predicted octanol–water partition coefficient (Wildman–Crippen LogP) is 3.54. The third-order valence-electron chi connectivity index (χ3n) is 4.55. The first-order chi connectivity index (χ1) is 13.4. The Morgan fingerprint density at radius 1 is 1.07 bits per heavy atom. The zero-order chi connectivity index (χ0) is 20.5. The number of nitrogens with one attached hydrogen (secondary N) is 1. The number of nitrogens with zero attached hydrogens (tertiary/aromatic N) is 1. The van der Waals surface area contributed by atoms with Gasteiger partial charge in [0, 0.05) is 12.6 Å². The molecule has 0 radical (unpaired) electrons. The van der Waals surface area contributed by atoms with Crippen molar-refractivity contribution in [1.82, 2.24) is 10.2 Å². The fourth-order valence-corrected chi connectivity index (χ4v) is 2.61. The molecule has 2 rings (SSSR count). The van der Waals surface area contributed by atoms with E-state index in [1.165, 1.54) is 17.0 Å². The smallest absolute Gasteiger partial charge is 0.261 e.